The summed E-state index contributed by atoms with van der Waals surface area (Å²) in [5.41, 5.74) is 0.605. The van der Waals surface area contributed by atoms with Gasteiger partial charge in [0.25, 0.3) is 0 Å². The Balaban J connectivity index is 2.36. The molecule has 1 aliphatic rings. The molecule has 0 aromatic heterocycles. The second kappa shape index (κ2) is 5.87. The Morgan fingerprint density at radius 2 is 2.28 bits per heavy atom. The van der Waals surface area contributed by atoms with Gasteiger partial charge in [-0.3, -0.25) is 0 Å². The molecule has 18 heavy (non-hydrogen) atoms. The molecule has 0 spiro atoms. The zero-order valence-electron chi connectivity index (χ0n) is 10.3. The van der Waals surface area contributed by atoms with Gasteiger partial charge in [-0.05, 0) is 42.4 Å². The quantitative estimate of drug-likeness (QED) is 0.845. The minimum Gasteiger partial charge on any atom is -0.378 e. The molecule has 0 aliphatic carbocycles. The normalized spacial score (nSPS) is 25.4. The van der Waals surface area contributed by atoms with Crippen LogP contribution in [0.3, 0.4) is 0 Å². The molecule has 100 valence electrons. The zero-order valence-corrected chi connectivity index (χ0v) is 12.7. The van der Waals surface area contributed by atoms with Crippen LogP contribution in [0.4, 0.5) is 4.39 Å². The molecule has 1 saturated heterocycles. The van der Waals surface area contributed by atoms with Crippen LogP contribution in [0.5, 0.6) is 0 Å². The predicted octanol–water partition coefficient (Wildman–Crippen LogP) is 3.93. The first-order chi connectivity index (χ1) is 8.56. The zero-order chi connectivity index (χ0) is 13.3. The van der Waals surface area contributed by atoms with E-state index in [1.54, 1.807) is 12.1 Å². The molecule has 2 nitrogen and oxygen atoms in total. The van der Waals surface area contributed by atoms with Crippen LogP contribution < -0.4 is 5.32 Å². The molecule has 1 aromatic rings. The molecule has 0 radical (unpaired) electrons. The van der Waals surface area contributed by atoms with Crippen molar-refractivity contribution in [2.75, 3.05) is 13.7 Å². The van der Waals surface area contributed by atoms with E-state index < -0.39 is 0 Å². The van der Waals surface area contributed by atoms with Gasteiger partial charge in [-0.25, -0.2) is 4.39 Å². The topological polar surface area (TPSA) is 21.3 Å². The summed E-state index contributed by atoms with van der Waals surface area (Å²) in [5.74, 6) is -0.0915. The van der Waals surface area contributed by atoms with Crippen LogP contribution in [0, 0.1) is 11.7 Å². The third-order valence-electron chi connectivity index (χ3n) is 3.57. The van der Waals surface area contributed by atoms with Gasteiger partial charge < -0.3 is 10.1 Å². The maximum atomic E-state index is 14.2. The Morgan fingerprint density at radius 1 is 1.56 bits per heavy atom. The maximum absolute atomic E-state index is 14.2. The van der Waals surface area contributed by atoms with Crippen LogP contribution >= 0.6 is 27.5 Å². The van der Waals surface area contributed by atoms with Crippen molar-refractivity contribution < 1.29 is 9.13 Å². The third kappa shape index (κ3) is 2.57. The molecule has 0 amide bonds. The van der Waals surface area contributed by atoms with E-state index in [0.29, 0.717) is 10.0 Å². The number of nitrogens with one attached hydrogen (secondary N) is 1. The van der Waals surface area contributed by atoms with E-state index in [0.717, 1.165) is 13.0 Å². The monoisotopic (exact) mass is 335 g/mol. The molecule has 2 rings (SSSR count). The van der Waals surface area contributed by atoms with Gasteiger partial charge >= 0.3 is 0 Å². The first-order valence-corrected chi connectivity index (χ1v) is 7.15. The summed E-state index contributed by atoms with van der Waals surface area (Å²) in [6, 6.07) is 3.48. The number of benzene rings is 1. The molecule has 1 aliphatic heterocycles. The Hall–Kier alpha value is -0.160. The van der Waals surface area contributed by atoms with E-state index in [2.05, 4.69) is 21.2 Å². The van der Waals surface area contributed by atoms with Gasteiger partial charge in [0.1, 0.15) is 5.82 Å². The van der Waals surface area contributed by atoms with Crippen LogP contribution in [0.1, 0.15) is 24.9 Å². The van der Waals surface area contributed by atoms with E-state index in [1.165, 1.54) is 0 Å². The van der Waals surface area contributed by atoms with Crippen molar-refractivity contribution in [3.8, 4) is 0 Å². The van der Waals surface area contributed by atoms with E-state index in [-0.39, 0.29) is 28.9 Å². The highest BCUT2D eigenvalue weighted by atomic mass is 79.9. The molecular weight excluding hydrogens is 321 g/mol. The Labute approximate surface area is 120 Å². The van der Waals surface area contributed by atoms with Gasteiger partial charge in [-0.1, -0.05) is 17.7 Å². The lowest BCUT2D eigenvalue weighted by Crippen LogP contribution is -2.30. The van der Waals surface area contributed by atoms with Crippen molar-refractivity contribution in [2.45, 2.75) is 25.5 Å². The molecular formula is C13H16BrClFNO. The fraction of sp³-hybridized carbons (Fsp3) is 0.538. The lowest BCUT2D eigenvalue weighted by molar-refractivity contribution is 0.0959. The summed E-state index contributed by atoms with van der Waals surface area (Å²) in [5, 5.41) is 3.32. The fourth-order valence-corrected chi connectivity index (χ4v) is 3.05. The van der Waals surface area contributed by atoms with Gasteiger partial charge in [0.05, 0.1) is 11.1 Å². The molecule has 0 bridgehead atoms. The van der Waals surface area contributed by atoms with Crippen LogP contribution in [0.15, 0.2) is 16.6 Å². The standard InChI is InChI=1S/C13H16BrClFNO/c1-7-8(5-6-18-7)13(17-2)9-3-4-10(14)11(15)12(9)16/h3-4,7-8,13,17H,5-6H2,1-2H3. The maximum Gasteiger partial charge on any atom is 0.147 e. The molecule has 3 atom stereocenters. The smallest absolute Gasteiger partial charge is 0.147 e. The number of hydrogen-bond acceptors (Lipinski definition) is 2. The van der Waals surface area contributed by atoms with Gasteiger partial charge in [-0.15, -0.1) is 0 Å². The van der Waals surface area contributed by atoms with Crippen molar-refractivity contribution in [2.24, 2.45) is 5.92 Å². The minimum atomic E-state index is -0.357. The second-order valence-electron chi connectivity index (χ2n) is 4.56. The average molecular weight is 337 g/mol. The second-order valence-corrected chi connectivity index (χ2v) is 5.79. The van der Waals surface area contributed by atoms with Gasteiger partial charge in [0, 0.05) is 28.6 Å². The van der Waals surface area contributed by atoms with Gasteiger partial charge in [0.2, 0.25) is 0 Å². The van der Waals surface area contributed by atoms with Crippen LogP contribution in [0.2, 0.25) is 5.02 Å². The molecule has 0 saturated carbocycles. The highest BCUT2D eigenvalue weighted by molar-refractivity contribution is 9.10. The number of rotatable bonds is 3. The molecule has 1 fully saturated rings. The fourth-order valence-electron chi connectivity index (χ4n) is 2.57. The molecule has 5 heteroatoms. The highest BCUT2D eigenvalue weighted by Gasteiger charge is 2.33. The summed E-state index contributed by atoms with van der Waals surface area (Å²) in [6.45, 7) is 2.76. The minimum absolute atomic E-state index is 0.0758. The van der Waals surface area contributed by atoms with E-state index in [1.807, 2.05) is 14.0 Å². The highest BCUT2D eigenvalue weighted by Crippen LogP contribution is 2.37. The molecule has 1 heterocycles. The first-order valence-electron chi connectivity index (χ1n) is 5.98. The predicted molar refractivity (Wildman–Crippen MR) is 74.4 cm³/mol. The van der Waals surface area contributed by atoms with Crippen LogP contribution in [0.25, 0.3) is 0 Å². The van der Waals surface area contributed by atoms with Crippen LogP contribution in [-0.2, 0) is 4.74 Å². The lowest BCUT2D eigenvalue weighted by atomic mass is 9.88. The van der Waals surface area contributed by atoms with E-state index >= 15 is 0 Å². The van der Waals surface area contributed by atoms with Crippen molar-refractivity contribution >= 4 is 27.5 Å². The van der Waals surface area contributed by atoms with E-state index in [4.69, 9.17) is 16.3 Å². The number of halogens is 3. The summed E-state index contributed by atoms with van der Waals surface area (Å²) >= 11 is 9.18. The van der Waals surface area contributed by atoms with Gasteiger partial charge in [0.15, 0.2) is 0 Å². The number of ether oxygens (including phenoxy) is 1. The molecule has 1 N–H and O–H groups in total. The summed E-state index contributed by atoms with van der Waals surface area (Å²) in [7, 11) is 1.84. The SMILES string of the molecule is CNC(c1ccc(Br)c(Cl)c1F)C1CCOC1C. The summed E-state index contributed by atoms with van der Waals surface area (Å²) in [4.78, 5) is 0. The van der Waals surface area contributed by atoms with Gasteiger partial charge in [-0.2, -0.15) is 0 Å². The molecule has 1 aromatic carbocycles. The van der Waals surface area contributed by atoms with Crippen molar-refractivity contribution in [1.82, 2.24) is 5.32 Å². The average Bonchev–Trinajstić information content (AvgIpc) is 2.77. The number of hydrogen-bond donors (Lipinski definition) is 1. The van der Waals surface area contributed by atoms with Crippen LogP contribution in [-0.4, -0.2) is 19.8 Å². The first kappa shape index (κ1) is 14.3. The van der Waals surface area contributed by atoms with Crippen molar-refractivity contribution in [3.63, 3.8) is 0 Å². The Morgan fingerprint density at radius 3 is 2.83 bits per heavy atom. The Kier molecular flexibility index (Phi) is 4.64. The summed E-state index contributed by atoms with van der Waals surface area (Å²) in [6.07, 6.45) is 1.06. The van der Waals surface area contributed by atoms with E-state index in [9.17, 15) is 4.39 Å². The third-order valence-corrected chi connectivity index (χ3v) is 4.83. The van der Waals surface area contributed by atoms with Crippen molar-refractivity contribution in [1.29, 1.82) is 0 Å². The Bertz CT molecular complexity index is 443. The summed E-state index contributed by atoms with van der Waals surface area (Å²) < 4.78 is 20.4. The largest absolute Gasteiger partial charge is 0.378 e. The van der Waals surface area contributed by atoms with Crippen molar-refractivity contribution in [3.05, 3.63) is 33.0 Å². The molecule has 3 unspecified atom stereocenters. The lowest BCUT2D eigenvalue weighted by Gasteiger charge is -2.26.